The number of nitrogens with two attached hydrogens (primary N) is 1. The van der Waals surface area contributed by atoms with Gasteiger partial charge in [0.25, 0.3) is 0 Å². The van der Waals surface area contributed by atoms with Gasteiger partial charge in [0.2, 0.25) is 11.8 Å². The zero-order valence-corrected chi connectivity index (χ0v) is 13.6. The van der Waals surface area contributed by atoms with E-state index in [1.54, 1.807) is 12.1 Å². The summed E-state index contributed by atoms with van der Waals surface area (Å²) < 4.78 is 0. The summed E-state index contributed by atoms with van der Waals surface area (Å²) in [6.45, 7) is 8.84. The number of allylic oxidation sites excluding steroid dienone is 2. The summed E-state index contributed by atoms with van der Waals surface area (Å²) in [4.78, 5) is 23.4. The first-order chi connectivity index (χ1) is 10.2. The molecule has 1 aliphatic carbocycles. The fourth-order valence-electron chi connectivity index (χ4n) is 2.93. The first kappa shape index (κ1) is 16.3. The molecule has 22 heavy (non-hydrogen) atoms. The van der Waals surface area contributed by atoms with Crippen LogP contribution >= 0.6 is 0 Å². The number of primary amides is 1. The lowest BCUT2D eigenvalue weighted by atomic mass is 10.1. The third-order valence-corrected chi connectivity index (χ3v) is 4.41. The molecular formula is C18H24N2O2. The monoisotopic (exact) mass is 300 g/mol. The first-order valence-electron chi connectivity index (χ1n) is 7.55. The van der Waals surface area contributed by atoms with Crippen molar-refractivity contribution in [2.75, 3.05) is 0 Å². The summed E-state index contributed by atoms with van der Waals surface area (Å²) >= 11 is 0. The molecule has 4 nitrogen and oxygen atoms in total. The van der Waals surface area contributed by atoms with Gasteiger partial charge in [-0.3, -0.25) is 9.59 Å². The summed E-state index contributed by atoms with van der Waals surface area (Å²) in [6, 6.07) is 6.98. The maximum absolute atomic E-state index is 12.3. The third kappa shape index (κ3) is 3.38. The van der Waals surface area contributed by atoms with Gasteiger partial charge in [0.15, 0.2) is 0 Å². The molecule has 1 aromatic rings. The lowest BCUT2D eigenvalue weighted by molar-refractivity contribution is -0.123. The third-order valence-electron chi connectivity index (χ3n) is 4.41. The Morgan fingerprint density at radius 1 is 1.23 bits per heavy atom. The van der Waals surface area contributed by atoms with Crippen molar-refractivity contribution in [2.24, 2.45) is 23.0 Å². The van der Waals surface area contributed by atoms with Gasteiger partial charge in [-0.1, -0.05) is 37.6 Å². The Labute approximate surface area is 131 Å². The molecule has 0 heterocycles. The predicted octanol–water partition coefficient (Wildman–Crippen LogP) is 2.64. The first-order valence-corrected chi connectivity index (χ1v) is 7.55. The van der Waals surface area contributed by atoms with Crippen molar-refractivity contribution in [1.82, 2.24) is 5.32 Å². The lowest BCUT2D eigenvalue weighted by Crippen LogP contribution is -2.26. The average Bonchev–Trinajstić information content (AvgIpc) is 2.96. The van der Waals surface area contributed by atoms with Gasteiger partial charge in [-0.25, -0.2) is 0 Å². The SMILES string of the molecule is CC(C)=C[C@@H]1[C@H](C(=O)NCc2ccc(C(N)=O)cc2)C1(C)C. The molecule has 1 aromatic carbocycles. The number of benzene rings is 1. The molecule has 0 unspecified atom stereocenters. The number of rotatable bonds is 5. The van der Waals surface area contributed by atoms with Crippen LogP contribution in [0.15, 0.2) is 35.9 Å². The minimum atomic E-state index is -0.445. The zero-order chi connectivity index (χ0) is 16.5. The van der Waals surface area contributed by atoms with E-state index in [1.807, 2.05) is 12.1 Å². The Balaban J connectivity index is 1.93. The van der Waals surface area contributed by atoms with E-state index in [4.69, 9.17) is 5.73 Å². The summed E-state index contributed by atoms with van der Waals surface area (Å²) in [7, 11) is 0. The number of hydrogen-bond donors (Lipinski definition) is 2. The van der Waals surface area contributed by atoms with E-state index in [0.29, 0.717) is 18.0 Å². The highest BCUT2D eigenvalue weighted by atomic mass is 16.2. The molecule has 118 valence electrons. The van der Waals surface area contributed by atoms with E-state index in [2.05, 4.69) is 39.1 Å². The van der Waals surface area contributed by atoms with E-state index in [9.17, 15) is 9.59 Å². The van der Waals surface area contributed by atoms with E-state index in [1.165, 1.54) is 5.57 Å². The van der Waals surface area contributed by atoms with E-state index in [0.717, 1.165) is 5.56 Å². The molecule has 2 amide bonds. The maximum atomic E-state index is 12.3. The molecule has 0 aliphatic heterocycles. The molecule has 0 bridgehead atoms. The van der Waals surface area contributed by atoms with Crippen molar-refractivity contribution in [3.8, 4) is 0 Å². The highest BCUT2D eigenvalue weighted by Gasteiger charge is 2.60. The minimum Gasteiger partial charge on any atom is -0.366 e. The Morgan fingerprint density at radius 3 is 2.32 bits per heavy atom. The number of carbonyl (C=O) groups is 2. The van der Waals surface area contributed by atoms with Gasteiger partial charge in [-0.05, 0) is 42.9 Å². The van der Waals surface area contributed by atoms with Crippen LogP contribution in [0.25, 0.3) is 0 Å². The predicted molar refractivity (Wildman–Crippen MR) is 87.0 cm³/mol. The van der Waals surface area contributed by atoms with Crippen LogP contribution in [0, 0.1) is 17.3 Å². The summed E-state index contributed by atoms with van der Waals surface area (Å²) in [5.74, 6) is -0.00612. The Morgan fingerprint density at radius 2 is 1.82 bits per heavy atom. The highest BCUT2D eigenvalue weighted by molar-refractivity contribution is 5.92. The van der Waals surface area contributed by atoms with Crippen LogP contribution in [0.3, 0.4) is 0 Å². The number of nitrogens with one attached hydrogen (secondary N) is 1. The van der Waals surface area contributed by atoms with Gasteiger partial charge in [0, 0.05) is 12.1 Å². The fourth-order valence-corrected chi connectivity index (χ4v) is 2.93. The van der Waals surface area contributed by atoms with Crippen molar-refractivity contribution in [2.45, 2.75) is 34.2 Å². The molecular weight excluding hydrogens is 276 g/mol. The van der Waals surface area contributed by atoms with Crippen molar-refractivity contribution in [3.05, 3.63) is 47.0 Å². The molecule has 0 saturated heterocycles. The molecule has 0 aromatic heterocycles. The quantitative estimate of drug-likeness (QED) is 0.821. The van der Waals surface area contributed by atoms with Gasteiger partial charge in [0.1, 0.15) is 0 Å². The van der Waals surface area contributed by atoms with E-state index >= 15 is 0 Å². The van der Waals surface area contributed by atoms with Crippen LogP contribution in [0.2, 0.25) is 0 Å². The summed E-state index contributed by atoms with van der Waals surface area (Å²) in [5, 5.41) is 2.98. The number of hydrogen-bond acceptors (Lipinski definition) is 2. The van der Waals surface area contributed by atoms with Gasteiger partial charge in [-0.2, -0.15) is 0 Å². The summed E-state index contributed by atoms with van der Waals surface area (Å²) in [6.07, 6.45) is 2.19. The Bertz CT molecular complexity index is 610. The lowest BCUT2D eigenvalue weighted by Gasteiger charge is -2.07. The fraction of sp³-hybridized carbons (Fsp3) is 0.444. The smallest absolute Gasteiger partial charge is 0.248 e. The molecule has 1 saturated carbocycles. The van der Waals surface area contributed by atoms with E-state index in [-0.39, 0.29) is 17.2 Å². The van der Waals surface area contributed by atoms with Crippen LogP contribution in [0.4, 0.5) is 0 Å². The molecule has 4 heteroatoms. The van der Waals surface area contributed by atoms with Crippen LogP contribution in [-0.2, 0) is 11.3 Å². The molecule has 2 atom stereocenters. The van der Waals surface area contributed by atoms with Gasteiger partial charge < -0.3 is 11.1 Å². The van der Waals surface area contributed by atoms with Crippen molar-refractivity contribution < 1.29 is 9.59 Å². The molecule has 1 fully saturated rings. The molecule has 3 N–H and O–H groups in total. The normalized spacial score (nSPS) is 21.8. The molecule has 1 aliphatic rings. The maximum Gasteiger partial charge on any atom is 0.248 e. The van der Waals surface area contributed by atoms with Crippen LogP contribution < -0.4 is 11.1 Å². The largest absolute Gasteiger partial charge is 0.366 e. The Hall–Kier alpha value is -2.10. The number of amides is 2. The average molecular weight is 300 g/mol. The molecule has 0 spiro atoms. The van der Waals surface area contributed by atoms with Crippen LogP contribution in [0.5, 0.6) is 0 Å². The minimum absolute atomic E-state index is 0.0250. The van der Waals surface area contributed by atoms with Crippen molar-refractivity contribution in [1.29, 1.82) is 0 Å². The Kier molecular flexibility index (Phi) is 4.40. The van der Waals surface area contributed by atoms with Gasteiger partial charge in [-0.15, -0.1) is 0 Å². The van der Waals surface area contributed by atoms with Gasteiger partial charge >= 0.3 is 0 Å². The van der Waals surface area contributed by atoms with Crippen LogP contribution in [-0.4, -0.2) is 11.8 Å². The zero-order valence-electron chi connectivity index (χ0n) is 13.6. The van der Waals surface area contributed by atoms with Crippen molar-refractivity contribution >= 4 is 11.8 Å². The molecule has 2 rings (SSSR count). The second kappa shape index (κ2) is 5.95. The molecule has 0 radical (unpaired) electrons. The standard InChI is InChI=1S/C18H24N2O2/c1-11(2)9-14-15(18(14,3)4)17(22)20-10-12-5-7-13(8-6-12)16(19)21/h5-9,14-15H,10H2,1-4H3,(H2,19,21)(H,20,22)/t14-,15-/m1/s1. The second-order valence-electron chi connectivity index (χ2n) is 6.85. The summed E-state index contributed by atoms with van der Waals surface area (Å²) in [5.41, 5.74) is 7.90. The topological polar surface area (TPSA) is 72.2 Å². The number of carbonyl (C=O) groups excluding carboxylic acids is 2. The van der Waals surface area contributed by atoms with Crippen molar-refractivity contribution in [3.63, 3.8) is 0 Å². The van der Waals surface area contributed by atoms with Crippen LogP contribution in [0.1, 0.15) is 43.6 Å². The second-order valence-corrected chi connectivity index (χ2v) is 6.85. The van der Waals surface area contributed by atoms with E-state index < -0.39 is 5.91 Å². The highest BCUT2D eigenvalue weighted by Crippen LogP contribution is 2.59. The van der Waals surface area contributed by atoms with Gasteiger partial charge in [0.05, 0.1) is 5.92 Å².